The van der Waals surface area contributed by atoms with Gasteiger partial charge in [-0.1, -0.05) is 44.2 Å². The second kappa shape index (κ2) is 13.4. The van der Waals surface area contributed by atoms with Crippen LogP contribution in [-0.2, 0) is 25.6 Å². The van der Waals surface area contributed by atoms with Gasteiger partial charge >= 0.3 is 12.1 Å². The normalized spacial score (nSPS) is 11.9. The quantitative estimate of drug-likeness (QED) is 0.458. The molecule has 2 aromatic rings. The Morgan fingerprint density at radius 3 is 2.24 bits per heavy atom. The van der Waals surface area contributed by atoms with Crippen molar-refractivity contribution in [1.29, 1.82) is 0 Å². The number of hydrogen-bond donors (Lipinski definition) is 2. The van der Waals surface area contributed by atoms with Gasteiger partial charge in [-0.05, 0) is 63.4 Å². The van der Waals surface area contributed by atoms with Gasteiger partial charge in [-0.15, -0.1) is 0 Å². The predicted molar refractivity (Wildman–Crippen MR) is 141 cm³/mol. The zero-order valence-corrected chi connectivity index (χ0v) is 22.4. The number of hydrogen-bond acceptors (Lipinski definition) is 6. The molecule has 2 aromatic carbocycles. The minimum absolute atomic E-state index is 0.0614. The Kier molecular flexibility index (Phi) is 10.7. The molecule has 0 bridgehead atoms. The average molecular weight is 512 g/mol. The summed E-state index contributed by atoms with van der Waals surface area (Å²) in [6.07, 6.45) is -0.604. The van der Waals surface area contributed by atoms with E-state index in [2.05, 4.69) is 10.6 Å². The van der Waals surface area contributed by atoms with E-state index in [0.29, 0.717) is 16.8 Å². The van der Waals surface area contributed by atoms with Gasteiger partial charge in [0.05, 0.1) is 6.61 Å². The van der Waals surface area contributed by atoms with Crippen molar-refractivity contribution in [3.05, 3.63) is 65.7 Å². The fourth-order valence-electron chi connectivity index (χ4n) is 3.49. The second-order valence-corrected chi connectivity index (χ2v) is 9.89. The van der Waals surface area contributed by atoms with Crippen molar-refractivity contribution in [2.24, 2.45) is 5.92 Å². The molecule has 3 amide bonds. The molecular formula is C28H37N3O6. The molecule has 37 heavy (non-hydrogen) atoms. The zero-order chi connectivity index (χ0) is 27.6. The Morgan fingerprint density at radius 1 is 0.973 bits per heavy atom. The highest BCUT2D eigenvalue weighted by Crippen LogP contribution is 2.17. The standard InChI is InChI=1S/C28H37N3O6/c1-7-36-23(32)18-31(17-20-12-11-15-22(16-20)29-27(35)37-28(4,5)6)26(34)24(19(2)3)30-25(33)21-13-9-8-10-14-21/h8-16,19,24H,7,17-18H2,1-6H3,(H,29,35)(H,30,33)/t24-/m0/s1. The lowest BCUT2D eigenvalue weighted by Gasteiger charge is -2.29. The van der Waals surface area contributed by atoms with Crippen LogP contribution in [0.3, 0.4) is 0 Å². The number of esters is 1. The monoisotopic (exact) mass is 511 g/mol. The molecule has 0 aliphatic heterocycles. The van der Waals surface area contributed by atoms with Crippen molar-refractivity contribution < 1.29 is 28.7 Å². The molecule has 0 saturated heterocycles. The summed E-state index contributed by atoms with van der Waals surface area (Å²) in [5.74, 6) is -1.61. The molecule has 0 unspecified atom stereocenters. The van der Waals surface area contributed by atoms with Gasteiger partial charge in [0.25, 0.3) is 5.91 Å². The number of anilines is 1. The highest BCUT2D eigenvalue weighted by Gasteiger charge is 2.30. The summed E-state index contributed by atoms with van der Waals surface area (Å²) in [6, 6.07) is 14.6. The van der Waals surface area contributed by atoms with Crippen molar-refractivity contribution in [3.8, 4) is 0 Å². The fourth-order valence-corrected chi connectivity index (χ4v) is 3.49. The van der Waals surface area contributed by atoms with Crippen molar-refractivity contribution in [2.75, 3.05) is 18.5 Å². The number of nitrogens with one attached hydrogen (secondary N) is 2. The van der Waals surface area contributed by atoms with Crippen LogP contribution >= 0.6 is 0 Å². The van der Waals surface area contributed by atoms with E-state index in [9.17, 15) is 19.2 Å². The van der Waals surface area contributed by atoms with Gasteiger partial charge in [-0.25, -0.2) is 4.79 Å². The van der Waals surface area contributed by atoms with E-state index in [-0.39, 0.29) is 31.5 Å². The first-order chi connectivity index (χ1) is 17.4. The predicted octanol–water partition coefficient (Wildman–Crippen LogP) is 4.38. The summed E-state index contributed by atoms with van der Waals surface area (Å²) in [6.45, 7) is 10.6. The summed E-state index contributed by atoms with van der Waals surface area (Å²) in [5, 5.41) is 5.48. The van der Waals surface area contributed by atoms with E-state index in [0.717, 1.165) is 0 Å². The zero-order valence-electron chi connectivity index (χ0n) is 22.4. The van der Waals surface area contributed by atoms with Crippen molar-refractivity contribution in [1.82, 2.24) is 10.2 Å². The number of benzene rings is 2. The molecule has 0 heterocycles. The number of carbonyl (C=O) groups is 4. The van der Waals surface area contributed by atoms with Crippen molar-refractivity contribution >= 4 is 29.6 Å². The molecule has 9 heteroatoms. The van der Waals surface area contributed by atoms with E-state index < -0.39 is 29.6 Å². The molecule has 2 N–H and O–H groups in total. The fraction of sp³-hybridized carbons (Fsp3) is 0.429. The summed E-state index contributed by atoms with van der Waals surface area (Å²) < 4.78 is 10.4. The number of amides is 3. The Bertz CT molecular complexity index is 1080. The first kappa shape index (κ1) is 29.4. The maximum Gasteiger partial charge on any atom is 0.412 e. The molecule has 2 rings (SSSR count). The van der Waals surface area contributed by atoms with Crippen LogP contribution in [0.5, 0.6) is 0 Å². The Hall–Kier alpha value is -3.88. The summed E-state index contributed by atoms with van der Waals surface area (Å²) in [5.41, 5.74) is 0.927. The summed E-state index contributed by atoms with van der Waals surface area (Å²) in [7, 11) is 0. The molecular weight excluding hydrogens is 474 g/mol. The third kappa shape index (κ3) is 9.95. The van der Waals surface area contributed by atoms with Crippen LogP contribution in [0.1, 0.15) is 57.5 Å². The molecule has 1 atom stereocenters. The highest BCUT2D eigenvalue weighted by molar-refractivity contribution is 5.98. The third-order valence-electron chi connectivity index (χ3n) is 5.14. The molecule has 0 fully saturated rings. The molecule has 0 radical (unpaired) electrons. The van der Waals surface area contributed by atoms with Crippen LogP contribution < -0.4 is 10.6 Å². The van der Waals surface area contributed by atoms with E-state index >= 15 is 0 Å². The number of nitrogens with zero attached hydrogens (tertiary/aromatic N) is 1. The van der Waals surface area contributed by atoms with Gasteiger partial charge in [0.2, 0.25) is 5.91 Å². The van der Waals surface area contributed by atoms with Crippen LogP contribution in [0.4, 0.5) is 10.5 Å². The largest absolute Gasteiger partial charge is 0.465 e. The van der Waals surface area contributed by atoms with Gasteiger partial charge < -0.3 is 19.7 Å². The number of rotatable bonds is 10. The van der Waals surface area contributed by atoms with E-state index in [1.165, 1.54) is 4.90 Å². The topological polar surface area (TPSA) is 114 Å². The lowest BCUT2D eigenvalue weighted by atomic mass is 10.0. The van der Waals surface area contributed by atoms with Crippen molar-refractivity contribution in [3.63, 3.8) is 0 Å². The highest BCUT2D eigenvalue weighted by atomic mass is 16.6. The van der Waals surface area contributed by atoms with Crippen LogP contribution in [0.15, 0.2) is 54.6 Å². The Morgan fingerprint density at radius 2 is 1.65 bits per heavy atom. The summed E-state index contributed by atoms with van der Waals surface area (Å²) >= 11 is 0. The molecule has 0 aliphatic carbocycles. The second-order valence-electron chi connectivity index (χ2n) is 9.89. The number of ether oxygens (including phenoxy) is 2. The smallest absolute Gasteiger partial charge is 0.412 e. The van der Waals surface area contributed by atoms with Gasteiger partial charge in [-0.2, -0.15) is 0 Å². The SMILES string of the molecule is CCOC(=O)CN(Cc1cccc(NC(=O)OC(C)(C)C)c1)C(=O)[C@@H](NC(=O)c1ccccc1)C(C)C. The van der Waals surface area contributed by atoms with E-state index in [4.69, 9.17) is 9.47 Å². The molecule has 0 aliphatic rings. The van der Waals surface area contributed by atoms with Gasteiger partial charge in [0.1, 0.15) is 18.2 Å². The van der Waals surface area contributed by atoms with E-state index in [1.54, 1.807) is 82.3 Å². The third-order valence-corrected chi connectivity index (χ3v) is 5.14. The molecule has 0 aromatic heterocycles. The molecule has 0 spiro atoms. The Balaban J connectivity index is 2.25. The van der Waals surface area contributed by atoms with Crippen LogP contribution in [0, 0.1) is 5.92 Å². The van der Waals surface area contributed by atoms with Gasteiger partial charge in [0.15, 0.2) is 0 Å². The average Bonchev–Trinajstić information content (AvgIpc) is 2.81. The van der Waals surface area contributed by atoms with Crippen LogP contribution in [0.2, 0.25) is 0 Å². The lowest BCUT2D eigenvalue weighted by Crippen LogP contribution is -2.52. The van der Waals surface area contributed by atoms with Gasteiger partial charge in [0, 0.05) is 17.8 Å². The molecule has 200 valence electrons. The summed E-state index contributed by atoms with van der Waals surface area (Å²) in [4.78, 5) is 52.3. The Labute approximate surface area is 218 Å². The maximum absolute atomic E-state index is 13.6. The van der Waals surface area contributed by atoms with Gasteiger partial charge in [-0.3, -0.25) is 19.7 Å². The molecule has 0 saturated carbocycles. The first-order valence-electron chi connectivity index (χ1n) is 12.3. The maximum atomic E-state index is 13.6. The van der Waals surface area contributed by atoms with E-state index in [1.807, 2.05) is 13.8 Å². The number of carbonyl (C=O) groups excluding carboxylic acids is 4. The van der Waals surface area contributed by atoms with Crippen LogP contribution in [0.25, 0.3) is 0 Å². The lowest BCUT2D eigenvalue weighted by molar-refractivity contribution is -0.150. The minimum Gasteiger partial charge on any atom is -0.465 e. The van der Waals surface area contributed by atoms with Crippen molar-refractivity contribution in [2.45, 2.75) is 59.7 Å². The molecule has 9 nitrogen and oxygen atoms in total. The first-order valence-corrected chi connectivity index (χ1v) is 12.3. The minimum atomic E-state index is -0.870. The van der Waals surface area contributed by atoms with Crippen LogP contribution in [-0.4, -0.2) is 53.6 Å².